The fourth-order valence-electron chi connectivity index (χ4n) is 4.56. The SMILES string of the molecule is CN1CCC2(CC1)CC(NC(=O)C1CCCC1)c1ccccc1O2. The number of likely N-dealkylation sites (tertiary alicyclic amines) is 1. The van der Waals surface area contributed by atoms with Gasteiger partial charge in [-0.1, -0.05) is 31.0 Å². The number of benzene rings is 1. The van der Waals surface area contributed by atoms with Crippen molar-refractivity contribution >= 4 is 5.91 Å². The molecule has 1 aliphatic carbocycles. The van der Waals surface area contributed by atoms with Crippen molar-refractivity contribution < 1.29 is 9.53 Å². The third-order valence-corrected chi connectivity index (χ3v) is 6.14. The van der Waals surface area contributed by atoms with Crippen molar-refractivity contribution in [1.82, 2.24) is 10.2 Å². The molecule has 0 aromatic heterocycles. The van der Waals surface area contributed by atoms with Gasteiger partial charge in [0.15, 0.2) is 0 Å². The zero-order valence-electron chi connectivity index (χ0n) is 14.6. The summed E-state index contributed by atoms with van der Waals surface area (Å²) in [5.74, 6) is 1.43. The van der Waals surface area contributed by atoms with E-state index in [1.807, 2.05) is 12.1 Å². The minimum Gasteiger partial charge on any atom is -0.487 e. The van der Waals surface area contributed by atoms with Gasteiger partial charge in [0.25, 0.3) is 0 Å². The average molecular weight is 328 g/mol. The third kappa shape index (κ3) is 3.04. The number of para-hydroxylation sites is 1. The summed E-state index contributed by atoms with van der Waals surface area (Å²) in [4.78, 5) is 15.0. The number of rotatable bonds is 2. The van der Waals surface area contributed by atoms with Crippen LogP contribution in [0.1, 0.15) is 56.6 Å². The predicted molar refractivity (Wildman–Crippen MR) is 94.0 cm³/mol. The number of hydrogen-bond acceptors (Lipinski definition) is 3. The van der Waals surface area contributed by atoms with E-state index in [0.29, 0.717) is 0 Å². The minimum atomic E-state index is -0.117. The van der Waals surface area contributed by atoms with E-state index in [1.165, 1.54) is 12.8 Å². The fourth-order valence-corrected chi connectivity index (χ4v) is 4.56. The van der Waals surface area contributed by atoms with E-state index >= 15 is 0 Å². The van der Waals surface area contributed by atoms with Gasteiger partial charge in [-0.3, -0.25) is 4.79 Å². The van der Waals surface area contributed by atoms with Gasteiger partial charge in [0.05, 0.1) is 6.04 Å². The second kappa shape index (κ2) is 6.40. The van der Waals surface area contributed by atoms with Crippen LogP contribution < -0.4 is 10.1 Å². The molecule has 0 radical (unpaired) electrons. The Morgan fingerprint density at radius 3 is 2.67 bits per heavy atom. The summed E-state index contributed by atoms with van der Waals surface area (Å²) in [6.07, 6.45) is 7.45. The van der Waals surface area contributed by atoms with Crippen molar-refractivity contribution in [1.29, 1.82) is 0 Å². The van der Waals surface area contributed by atoms with E-state index < -0.39 is 0 Å². The molecule has 1 aromatic rings. The van der Waals surface area contributed by atoms with Crippen LogP contribution >= 0.6 is 0 Å². The highest BCUT2D eigenvalue weighted by molar-refractivity contribution is 5.79. The molecule has 4 nitrogen and oxygen atoms in total. The molecule has 4 rings (SSSR count). The first-order valence-electron chi connectivity index (χ1n) is 9.42. The predicted octanol–water partition coefficient (Wildman–Crippen LogP) is 3.28. The van der Waals surface area contributed by atoms with Crippen LogP contribution in [0.3, 0.4) is 0 Å². The smallest absolute Gasteiger partial charge is 0.223 e. The van der Waals surface area contributed by atoms with E-state index in [0.717, 1.165) is 56.5 Å². The molecule has 130 valence electrons. The first-order valence-corrected chi connectivity index (χ1v) is 9.42. The van der Waals surface area contributed by atoms with E-state index in [1.54, 1.807) is 0 Å². The Balaban J connectivity index is 1.56. The lowest BCUT2D eigenvalue weighted by Gasteiger charge is -2.46. The zero-order valence-corrected chi connectivity index (χ0v) is 14.6. The maximum Gasteiger partial charge on any atom is 0.223 e. The van der Waals surface area contributed by atoms with Crippen LogP contribution in [0.2, 0.25) is 0 Å². The van der Waals surface area contributed by atoms with E-state index in [4.69, 9.17) is 4.74 Å². The summed E-state index contributed by atoms with van der Waals surface area (Å²) in [6.45, 7) is 2.12. The van der Waals surface area contributed by atoms with Crippen LogP contribution in [0.15, 0.2) is 24.3 Å². The normalized spacial score (nSPS) is 26.8. The number of carbonyl (C=O) groups excluding carboxylic acids is 1. The number of ether oxygens (including phenoxy) is 1. The summed E-state index contributed by atoms with van der Waals surface area (Å²) < 4.78 is 6.47. The van der Waals surface area contributed by atoms with E-state index in [-0.39, 0.29) is 23.5 Å². The number of fused-ring (bicyclic) bond motifs is 1. The van der Waals surface area contributed by atoms with Crippen LogP contribution in [0, 0.1) is 5.92 Å². The number of hydrogen-bond donors (Lipinski definition) is 1. The van der Waals surface area contributed by atoms with Crippen molar-refractivity contribution in [2.45, 2.75) is 56.6 Å². The Kier molecular flexibility index (Phi) is 4.25. The topological polar surface area (TPSA) is 41.6 Å². The number of nitrogens with one attached hydrogen (secondary N) is 1. The average Bonchev–Trinajstić information content (AvgIpc) is 3.13. The highest BCUT2D eigenvalue weighted by Crippen LogP contribution is 2.44. The molecule has 1 saturated heterocycles. The van der Waals surface area contributed by atoms with Gasteiger partial charge in [-0.15, -0.1) is 0 Å². The van der Waals surface area contributed by atoms with Crippen LogP contribution in [-0.4, -0.2) is 36.5 Å². The third-order valence-electron chi connectivity index (χ3n) is 6.14. The first kappa shape index (κ1) is 15.9. The van der Waals surface area contributed by atoms with Gasteiger partial charge in [-0.05, 0) is 38.8 Å². The lowest BCUT2D eigenvalue weighted by Crippen LogP contribution is -2.51. The molecule has 2 heterocycles. The molecular weight excluding hydrogens is 300 g/mol. The van der Waals surface area contributed by atoms with Crippen molar-refractivity contribution in [2.24, 2.45) is 5.92 Å². The molecule has 1 aromatic carbocycles. The van der Waals surface area contributed by atoms with Crippen LogP contribution in [0.4, 0.5) is 0 Å². The molecule has 1 spiro atoms. The molecule has 2 fully saturated rings. The van der Waals surface area contributed by atoms with Gasteiger partial charge in [-0.2, -0.15) is 0 Å². The molecule has 24 heavy (non-hydrogen) atoms. The van der Waals surface area contributed by atoms with Crippen molar-refractivity contribution in [3.63, 3.8) is 0 Å². The second-order valence-corrected chi connectivity index (χ2v) is 7.87. The Bertz CT molecular complexity index is 601. The molecule has 0 bridgehead atoms. The van der Waals surface area contributed by atoms with Crippen LogP contribution in [0.25, 0.3) is 0 Å². The number of nitrogens with zero attached hydrogens (tertiary/aromatic N) is 1. The molecular formula is C20H28N2O2. The van der Waals surface area contributed by atoms with E-state index in [9.17, 15) is 4.79 Å². The van der Waals surface area contributed by atoms with Crippen molar-refractivity contribution in [3.05, 3.63) is 29.8 Å². The lowest BCUT2D eigenvalue weighted by atomic mass is 9.80. The molecule has 1 N–H and O–H groups in total. The van der Waals surface area contributed by atoms with Crippen LogP contribution in [-0.2, 0) is 4.79 Å². The maximum absolute atomic E-state index is 12.7. The molecule has 4 heteroatoms. The summed E-state index contributed by atoms with van der Waals surface area (Å²) in [5.41, 5.74) is 1.03. The van der Waals surface area contributed by atoms with Gasteiger partial charge in [0, 0.05) is 31.0 Å². The molecule has 1 saturated carbocycles. The highest BCUT2D eigenvalue weighted by Gasteiger charge is 2.43. The minimum absolute atomic E-state index is 0.0893. The quantitative estimate of drug-likeness (QED) is 0.906. The first-order chi connectivity index (χ1) is 11.7. The lowest BCUT2D eigenvalue weighted by molar-refractivity contribution is -0.126. The monoisotopic (exact) mass is 328 g/mol. The summed E-state index contributed by atoms with van der Waals surface area (Å²) in [5, 5.41) is 3.37. The maximum atomic E-state index is 12.7. The summed E-state index contributed by atoms with van der Waals surface area (Å²) in [7, 11) is 2.17. The van der Waals surface area contributed by atoms with Gasteiger partial charge in [-0.25, -0.2) is 0 Å². The second-order valence-electron chi connectivity index (χ2n) is 7.87. The Morgan fingerprint density at radius 2 is 1.92 bits per heavy atom. The number of carbonyl (C=O) groups is 1. The highest BCUT2D eigenvalue weighted by atomic mass is 16.5. The standard InChI is InChI=1S/C20H28N2O2/c1-22-12-10-20(11-13-22)14-17(16-8-4-5-9-18(16)24-20)21-19(23)15-6-2-3-7-15/h4-5,8-9,15,17H,2-3,6-7,10-14H2,1H3,(H,21,23). The molecule has 3 aliphatic rings. The van der Waals surface area contributed by atoms with Crippen molar-refractivity contribution in [2.75, 3.05) is 20.1 Å². The summed E-state index contributed by atoms with van der Waals surface area (Å²) >= 11 is 0. The number of piperidine rings is 1. The van der Waals surface area contributed by atoms with Crippen molar-refractivity contribution in [3.8, 4) is 5.75 Å². The Hall–Kier alpha value is -1.55. The Morgan fingerprint density at radius 1 is 1.21 bits per heavy atom. The summed E-state index contributed by atoms with van der Waals surface area (Å²) in [6, 6.07) is 8.33. The molecule has 1 atom stereocenters. The van der Waals surface area contributed by atoms with Gasteiger partial charge in [0.1, 0.15) is 11.4 Å². The van der Waals surface area contributed by atoms with Crippen LogP contribution in [0.5, 0.6) is 5.75 Å². The Labute approximate surface area is 144 Å². The molecule has 2 aliphatic heterocycles. The molecule has 1 amide bonds. The zero-order chi connectivity index (χ0) is 16.6. The largest absolute Gasteiger partial charge is 0.487 e. The number of amides is 1. The fraction of sp³-hybridized carbons (Fsp3) is 0.650. The van der Waals surface area contributed by atoms with E-state index in [2.05, 4.69) is 29.4 Å². The van der Waals surface area contributed by atoms with Gasteiger partial charge in [0.2, 0.25) is 5.91 Å². The van der Waals surface area contributed by atoms with Gasteiger partial charge < -0.3 is 15.0 Å². The molecule has 1 unspecified atom stereocenters. The van der Waals surface area contributed by atoms with Gasteiger partial charge >= 0.3 is 0 Å².